The first-order valence-electron chi connectivity index (χ1n) is 6.99. The first-order chi connectivity index (χ1) is 11.7. The second-order valence-electron chi connectivity index (χ2n) is 4.82. The summed E-state index contributed by atoms with van der Waals surface area (Å²) in [5.41, 5.74) is 9.91. The lowest BCUT2D eigenvalue weighted by atomic mass is 10.1. The van der Waals surface area contributed by atoms with E-state index in [0.717, 1.165) is 0 Å². The van der Waals surface area contributed by atoms with Gasteiger partial charge in [-0.25, -0.2) is 4.79 Å². The van der Waals surface area contributed by atoms with Crippen molar-refractivity contribution in [1.29, 1.82) is 0 Å². The maximum absolute atomic E-state index is 11.9. The number of carboxylic acids is 1. The summed E-state index contributed by atoms with van der Waals surface area (Å²) in [6.45, 7) is -2.17. The van der Waals surface area contributed by atoms with Crippen molar-refractivity contribution >= 4 is 29.6 Å². The summed E-state index contributed by atoms with van der Waals surface area (Å²) < 4.78 is 0. The third-order valence-electron chi connectivity index (χ3n) is 2.86. The van der Waals surface area contributed by atoms with Crippen LogP contribution < -0.4 is 27.4 Å². The second-order valence-corrected chi connectivity index (χ2v) is 4.82. The molecule has 0 fully saturated rings. The quantitative estimate of drug-likeness (QED) is 0.174. The molecule has 0 radical (unpaired) electrons. The van der Waals surface area contributed by atoms with Crippen LogP contribution in [0.5, 0.6) is 0 Å². The number of amides is 4. The average Bonchev–Trinajstić information content (AvgIpc) is 2.55. The van der Waals surface area contributed by atoms with Crippen molar-refractivity contribution in [3.8, 4) is 0 Å². The number of hydrogen-bond donors (Lipinski definition) is 8. The van der Waals surface area contributed by atoms with Gasteiger partial charge in [0, 0.05) is 0 Å². The number of carbonyl (C=O) groups excluding carboxylic acids is 4. The topological polar surface area (TPSA) is 234 Å². The summed E-state index contributed by atoms with van der Waals surface area (Å²) in [5, 5.41) is 33.2. The molecule has 0 aliphatic carbocycles. The lowest BCUT2D eigenvalue weighted by Crippen LogP contribution is -2.58. The molecule has 13 nitrogen and oxygen atoms in total. The Morgan fingerprint density at radius 2 is 1.28 bits per heavy atom. The highest BCUT2D eigenvalue weighted by Gasteiger charge is 2.29. The Labute approximate surface area is 141 Å². The van der Waals surface area contributed by atoms with Gasteiger partial charge in [-0.15, -0.1) is 0 Å². The van der Waals surface area contributed by atoms with E-state index in [0.29, 0.717) is 0 Å². The Morgan fingerprint density at radius 1 is 0.840 bits per heavy atom. The molecule has 13 heteroatoms. The molecular weight excluding hydrogens is 342 g/mol. The van der Waals surface area contributed by atoms with Crippen LogP contribution in [0, 0.1) is 0 Å². The molecule has 0 aromatic heterocycles. The van der Waals surface area contributed by atoms with E-state index in [1.807, 2.05) is 10.6 Å². The summed E-state index contributed by atoms with van der Waals surface area (Å²) in [4.78, 5) is 56.7. The monoisotopic (exact) mass is 363 g/mol. The van der Waals surface area contributed by atoms with Crippen molar-refractivity contribution in [2.45, 2.75) is 24.5 Å². The molecule has 10 N–H and O–H groups in total. The molecular formula is C12H21N5O8. The molecule has 4 amide bonds. The van der Waals surface area contributed by atoms with Crippen LogP contribution in [0.2, 0.25) is 0 Å². The Bertz CT molecular complexity index is 526. The zero-order valence-electron chi connectivity index (χ0n) is 13.1. The molecule has 0 aliphatic heterocycles. The van der Waals surface area contributed by atoms with Crippen molar-refractivity contribution in [3.63, 3.8) is 0 Å². The second kappa shape index (κ2) is 10.9. The minimum Gasteiger partial charge on any atom is -0.480 e. The lowest BCUT2D eigenvalue weighted by Gasteiger charge is -2.22. The predicted octanol–water partition coefficient (Wildman–Crippen LogP) is -5.66. The number of carboxylic acid groups (broad SMARTS) is 1. The molecule has 0 bridgehead atoms. The van der Waals surface area contributed by atoms with Crippen LogP contribution in [0.3, 0.4) is 0 Å². The maximum Gasteiger partial charge on any atom is 0.326 e. The fourth-order valence-electron chi connectivity index (χ4n) is 1.59. The van der Waals surface area contributed by atoms with Gasteiger partial charge in [-0.05, 0) is 0 Å². The number of rotatable bonds is 11. The molecule has 0 rings (SSSR count). The van der Waals surface area contributed by atoms with Gasteiger partial charge in [0.05, 0.1) is 26.2 Å². The number of nitrogens with one attached hydrogen (secondary N) is 3. The number of hydrogen-bond acceptors (Lipinski definition) is 8. The number of aliphatic hydroxyl groups excluding tert-OH is 2. The summed E-state index contributed by atoms with van der Waals surface area (Å²) in [7, 11) is 0. The normalized spacial score (nSPS) is 13.9. The molecule has 0 aliphatic rings. The molecule has 0 aromatic rings. The van der Waals surface area contributed by atoms with Crippen LogP contribution >= 0.6 is 0 Å². The van der Waals surface area contributed by atoms with Crippen LogP contribution in [0.25, 0.3) is 0 Å². The first-order valence-corrected chi connectivity index (χ1v) is 6.99. The third-order valence-corrected chi connectivity index (χ3v) is 2.86. The van der Waals surface area contributed by atoms with E-state index in [4.69, 9.17) is 21.7 Å². The molecule has 0 saturated heterocycles. The molecule has 0 saturated carbocycles. The SMILES string of the molecule is NCC(=O)NC(CO)C(=O)NC(CO)C(=O)NC(CC(N)=O)C(=O)O. The fraction of sp³-hybridized carbons (Fsp3) is 0.583. The molecule has 0 aromatic carbocycles. The van der Waals surface area contributed by atoms with Crippen molar-refractivity contribution < 1.29 is 39.3 Å². The standard InChI is InChI=1S/C12H21N5O8/c13-2-9(21)15-6(3-18)10(22)17-7(4-19)11(23)16-5(12(24)25)1-8(14)20/h5-7,18-19H,1-4,13H2,(H2,14,20)(H,15,21)(H,16,23)(H,17,22)(H,24,25). The van der Waals surface area contributed by atoms with Crippen LogP contribution in [0.4, 0.5) is 0 Å². The summed E-state index contributed by atoms with van der Waals surface area (Å²) >= 11 is 0. The smallest absolute Gasteiger partial charge is 0.326 e. The van der Waals surface area contributed by atoms with E-state index in [1.165, 1.54) is 0 Å². The number of carbonyl (C=O) groups is 5. The third kappa shape index (κ3) is 8.05. The Morgan fingerprint density at radius 3 is 1.64 bits per heavy atom. The van der Waals surface area contributed by atoms with Gasteiger partial charge < -0.3 is 42.7 Å². The molecule has 0 heterocycles. The van der Waals surface area contributed by atoms with Crippen molar-refractivity contribution in [1.82, 2.24) is 16.0 Å². The minimum absolute atomic E-state index is 0.443. The number of aliphatic hydroxyl groups is 2. The van der Waals surface area contributed by atoms with E-state index in [9.17, 15) is 29.1 Å². The van der Waals surface area contributed by atoms with Crippen molar-refractivity contribution in [2.75, 3.05) is 19.8 Å². The maximum atomic E-state index is 11.9. The van der Waals surface area contributed by atoms with E-state index in [1.54, 1.807) is 0 Å². The molecule has 0 spiro atoms. The van der Waals surface area contributed by atoms with E-state index in [2.05, 4.69) is 5.32 Å². The summed E-state index contributed by atoms with van der Waals surface area (Å²) in [6.07, 6.45) is -0.695. The zero-order valence-corrected chi connectivity index (χ0v) is 13.1. The zero-order chi connectivity index (χ0) is 19.6. The van der Waals surface area contributed by atoms with Gasteiger partial charge in [-0.1, -0.05) is 0 Å². The van der Waals surface area contributed by atoms with Crippen molar-refractivity contribution in [2.24, 2.45) is 11.5 Å². The molecule has 142 valence electrons. The summed E-state index contributed by atoms with van der Waals surface area (Å²) in [6, 6.07) is -4.67. The van der Waals surface area contributed by atoms with E-state index < -0.39 is 73.9 Å². The van der Waals surface area contributed by atoms with Crippen LogP contribution in [0.15, 0.2) is 0 Å². The predicted molar refractivity (Wildman–Crippen MR) is 80.5 cm³/mol. The Kier molecular flexibility index (Phi) is 9.69. The fourth-order valence-corrected chi connectivity index (χ4v) is 1.59. The van der Waals surface area contributed by atoms with Crippen LogP contribution in [-0.2, 0) is 24.0 Å². The number of aliphatic carboxylic acids is 1. The summed E-state index contributed by atoms with van der Waals surface area (Å²) in [5.74, 6) is -5.39. The average molecular weight is 363 g/mol. The van der Waals surface area contributed by atoms with Gasteiger partial charge in [0.1, 0.15) is 18.1 Å². The minimum atomic E-state index is -1.65. The van der Waals surface area contributed by atoms with Crippen LogP contribution in [-0.4, -0.2) is 82.8 Å². The van der Waals surface area contributed by atoms with Gasteiger partial charge in [-0.3, -0.25) is 19.2 Å². The van der Waals surface area contributed by atoms with Gasteiger partial charge in [0.2, 0.25) is 23.6 Å². The largest absolute Gasteiger partial charge is 0.480 e. The number of primary amides is 1. The highest BCUT2D eigenvalue weighted by Crippen LogP contribution is 1.95. The number of nitrogens with two attached hydrogens (primary N) is 2. The Balaban J connectivity index is 4.91. The highest BCUT2D eigenvalue weighted by atomic mass is 16.4. The van der Waals surface area contributed by atoms with E-state index in [-0.39, 0.29) is 0 Å². The van der Waals surface area contributed by atoms with Crippen LogP contribution in [0.1, 0.15) is 6.42 Å². The van der Waals surface area contributed by atoms with Gasteiger partial charge in [0.25, 0.3) is 0 Å². The van der Waals surface area contributed by atoms with Gasteiger partial charge in [-0.2, -0.15) is 0 Å². The Hall–Kier alpha value is -2.77. The van der Waals surface area contributed by atoms with Crippen molar-refractivity contribution in [3.05, 3.63) is 0 Å². The molecule has 3 atom stereocenters. The van der Waals surface area contributed by atoms with Gasteiger partial charge in [0.15, 0.2) is 0 Å². The van der Waals surface area contributed by atoms with E-state index >= 15 is 0 Å². The molecule has 3 unspecified atom stereocenters. The van der Waals surface area contributed by atoms with Gasteiger partial charge >= 0.3 is 5.97 Å². The highest BCUT2D eigenvalue weighted by molar-refractivity contribution is 5.94. The lowest BCUT2D eigenvalue weighted by molar-refractivity contribution is -0.144. The molecule has 25 heavy (non-hydrogen) atoms. The first kappa shape index (κ1) is 22.2.